The maximum Gasteiger partial charge on any atom is 0.322 e. The number of nitrogens with zero attached hydrogens (tertiary/aromatic N) is 5. The molecule has 2 aromatic heterocycles. The van der Waals surface area contributed by atoms with Gasteiger partial charge in [-0.1, -0.05) is 0 Å². The van der Waals surface area contributed by atoms with Crippen molar-refractivity contribution in [1.82, 2.24) is 19.9 Å². The molecule has 6 nitrogen and oxygen atoms in total. The first-order valence-electron chi connectivity index (χ1n) is 5.67. The highest BCUT2D eigenvalue weighted by Gasteiger charge is 2.08. The lowest BCUT2D eigenvalue weighted by Crippen LogP contribution is -2.14. The SMILES string of the molecule is Cc1ncsc1CCOc1nc(Cl)nc(N(C)C)n1. The summed E-state index contributed by atoms with van der Waals surface area (Å²) >= 11 is 7.44. The molecule has 19 heavy (non-hydrogen) atoms. The first-order chi connectivity index (χ1) is 9.06. The monoisotopic (exact) mass is 299 g/mol. The Hall–Kier alpha value is -1.47. The van der Waals surface area contributed by atoms with Gasteiger partial charge in [0, 0.05) is 25.4 Å². The zero-order chi connectivity index (χ0) is 13.8. The third-order valence-electron chi connectivity index (χ3n) is 2.38. The highest BCUT2D eigenvalue weighted by Crippen LogP contribution is 2.15. The largest absolute Gasteiger partial charge is 0.463 e. The van der Waals surface area contributed by atoms with Gasteiger partial charge in [0.25, 0.3) is 0 Å². The van der Waals surface area contributed by atoms with Crippen molar-refractivity contribution in [3.05, 3.63) is 21.4 Å². The van der Waals surface area contributed by atoms with Gasteiger partial charge in [-0.25, -0.2) is 4.98 Å². The van der Waals surface area contributed by atoms with Crippen molar-refractivity contribution in [2.75, 3.05) is 25.6 Å². The Labute approximate surface area is 120 Å². The van der Waals surface area contributed by atoms with Crippen LogP contribution >= 0.6 is 22.9 Å². The van der Waals surface area contributed by atoms with Crippen molar-refractivity contribution in [2.45, 2.75) is 13.3 Å². The molecule has 0 aliphatic rings. The Morgan fingerprint density at radius 1 is 1.32 bits per heavy atom. The summed E-state index contributed by atoms with van der Waals surface area (Å²) in [6, 6.07) is 0.242. The van der Waals surface area contributed by atoms with E-state index in [9.17, 15) is 0 Å². The predicted octanol–water partition coefficient (Wildman–Crippen LogP) is 1.98. The van der Waals surface area contributed by atoms with E-state index in [-0.39, 0.29) is 11.3 Å². The molecule has 0 atom stereocenters. The molecule has 0 unspecified atom stereocenters. The Kier molecular flexibility index (Phi) is 4.49. The lowest BCUT2D eigenvalue weighted by molar-refractivity contribution is 0.296. The van der Waals surface area contributed by atoms with Crippen LogP contribution in [0.5, 0.6) is 6.01 Å². The molecule has 0 bridgehead atoms. The van der Waals surface area contributed by atoms with Crippen LogP contribution in [0, 0.1) is 6.92 Å². The van der Waals surface area contributed by atoms with Gasteiger partial charge >= 0.3 is 6.01 Å². The number of aromatic nitrogens is 4. The smallest absolute Gasteiger partial charge is 0.322 e. The van der Waals surface area contributed by atoms with E-state index in [1.165, 1.54) is 4.88 Å². The molecular weight excluding hydrogens is 286 g/mol. The van der Waals surface area contributed by atoms with Crippen LogP contribution in [0.25, 0.3) is 0 Å². The molecule has 0 fully saturated rings. The van der Waals surface area contributed by atoms with E-state index < -0.39 is 0 Å². The van der Waals surface area contributed by atoms with E-state index in [1.54, 1.807) is 16.2 Å². The minimum absolute atomic E-state index is 0.127. The molecule has 102 valence electrons. The Balaban J connectivity index is 1.98. The normalized spacial score (nSPS) is 10.5. The summed E-state index contributed by atoms with van der Waals surface area (Å²) in [7, 11) is 3.66. The van der Waals surface area contributed by atoms with Gasteiger partial charge in [0.15, 0.2) is 0 Å². The number of anilines is 1. The topological polar surface area (TPSA) is 64.0 Å². The molecule has 2 heterocycles. The van der Waals surface area contributed by atoms with E-state index >= 15 is 0 Å². The van der Waals surface area contributed by atoms with Crippen molar-refractivity contribution in [3.63, 3.8) is 0 Å². The second-order valence-corrected chi connectivity index (χ2v) is 5.32. The third kappa shape index (κ3) is 3.74. The number of rotatable bonds is 5. The third-order valence-corrected chi connectivity index (χ3v) is 3.54. The fraction of sp³-hybridized carbons (Fsp3) is 0.455. The van der Waals surface area contributed by atoms with Crippen LogP contribution in [0.15, 0.2) is 5.51 Å². The van der Waals surface area contributed by atoms with Gasteiger partial charge in [-0.15, -0.1) is 11.3 Å². The standard InChI is InChI=1S/C11H14ClN5OS/c1-7-8(19-6-13-7)4-5-18-11-15-9(12)14-10(16-11)17(2)3/h6H,4-5H2,1-3H3. The molecule has 0 aliphatic heterocycles. The van der Waals surface area contributed by atoms with Crippen LogP contribution in [-0.4, -0.2) is 40.6 Å². The van der Waals surface area contributed by atoms with Gasteiger partial charge < -0.3 is 9.64 Å². The average molecular weight is 300 g/mol. The average Bonchev–Trinajstić information content (AvgIpc) is 2.74. The fourth-order valence-corrected chi connectivity index (χ4v) is 2.30. The first-order valence-corrected chi connectivity index (χ1v) is 6.92. The number of aryl methyl sites for hydroxylation is 1. The molecule has 0 N–H and O–H groups in total. The maximum absolute atomic E-state index is 5.82. The molecule has 0 aromatic carbocycles. The van der Waals surface area contributed by atoms with Crippen LogP contribution < -0.4 is 9.64 Å². The van der Waals surface area contributed by atoms with E-state index in [0.29, 0.717) is 12.6 Å². The second kappa shape index (κ2) is 6.12. The molecule has 0 radical (unpaired) electrons. The molecular formula is C11H14ClN5OS. The minimum atomic E-state index is 0.127. The molecule has 0 spiro atoms. The van der Waals surface area contributed by atoms with Crippen molar-refractivity contribution in [3.8, 4) is 6.01 Å². The van der Waals surface area contributed by atoms with Gasteiger partial charge in [-0.05, 0) is 18.5 Å². The summed E-state index contributed by atoms with van der Waals surface area (Å²) in [4.78, 5) is 19.2. The summed E-state index contributed by atoms with van der Waals surface area (Å²) in [6.07, 6.45) is 0.775. The zero-order valence-electron chi connectivity index (χ0n) is 10.9. The number of hydrogen-bond donors (Lipinski definition) is 0. The van der Waals surface area contributed by atoms with Crippen molar-refractivity contribution >= 4 is 28.9 Å². The number of hydrogen-bond acceptors (Lipinski definition) is 7. The lowest BCUT2D eigenvalue weighted by Gasteiger charge is -2.11. The van der Waals surface area contributed by atoms with E-state index in [0.717, 1.165) is 12.1 Å². The Morgan fingerprint density at radius 3 is 2.74 bits per heavy atom. The highest BCUT2D eigenvalue weighted by atomic mass is 35.5. The van der Waals surface area contributed by atoms with E-state index in [2.05, 4.69) is 19.9 Å². The van der Waals surface area contributed by atoms with Crippen LogP contribution in [0.3, 0.4) is 0 Å². The number of ether oxygens (including phenoxy) is 1. The molecule has 8 heteroatoms. The fourth-order valence-electron chi connectivity index (χ4n) is 1.39. The number of halogens is 1. The van der Waals surface area contributed by atoms with Crippen molar-refractivity contribution < 1.29 is 4.74 Å². The van der Waals surface area contributed by atoms with Crippen molar-refractivity contribution in [1.29, 1.82) is 0 Å². The second-order valence-electron chi connectivity index (χ2n) is 4.04. The Morgan fingerprint density at radius 2 is 2.11 bits per heavy atom. The Bertz CT molecular complexity index is 560. The van der Waals surface area contributed by atoms with E-state index in [4.69, 9.17) is 16.3 Å². The van der Waals surface area contributed by atoms with Crippen molar-refractivity contribution in [2.24, 2.45) is 0 Å². The summed E-state index contributed by atoms with van der Waals surface area (Å²) in [5, 5.41) is 0.127. The predicted molar refractivity (Wildman–Crippen MR) is 75.2 cm³/mol. The quantitative estimate of drug-likeness (QED) is 0.841. The summed E-state index contributed by atoms with van der Waals surface area (Å²) in [5.41, 5.74) is 2.87. The minimum Gasteiger partial charge on any atom is -0.463 e. The molecule has 0 amide bonds. The van der Waals surface area contributed by atoms with Gasteiger partial charge in [-0.3, -0.25) is 0 Å². The summed E-state index contributed by atoms with van der Waals surface area (Å²) in [5.74, 6) is 0.476. The van der Waals surface area contributed by atoms with E-state index in [1.807, 2.05) is 26.5 Å². The molecule has 0 aliphatic carbocycles. The van der Waals surface area contributed by atoms with Gasteiger partial charge in [-0.2, -0.15) is 15.0 Å². The maximum atomic E-state index is 5.82. The molecule has 2 aromatic rings. The summed E-state index contributed by atoms with van der Waals surface area (Å²) < 4.78 is 5.51. The van der Waals surface area contributed by atoms with Crippen LogP contribution in [-0.2, 0) is 6.42 Å². The summed E-state index contributed by atoms with van der Waals surface area (Å²) in [6.45, 7) is 2.46. The molecule has 2 rings (SSSR count). The van der Waals surface area contributed by atoms with Gasteiger partial charge in [0.05, 0.1) is 17.8 Å². The van der Waals surface area contributed by atoms with Crippen LogP contribution in [0.1, 0.15) is 10.6 Å². The van der Waals surface area contributed by atoms with Crippen LogP contribution in [0.2, 0.25) is 5.28 Å². The highest BCUT2D eigenvalue weighted by molar-refractivity contribution is 7.09. The van der Waals surface area contributed by atoms with Crippen LogP contribution in [0.4, 0.5) is 5.95 Å². The lowest BCUT2D eigenvalue weighted by atomic mass is 10.3. The molecule has 0 saturated heterocycles. The molecule has 0 saturated carbocycles. The van der Waals surface area contributed by atoms with Gasteiger partial charge in [0.2, 0.25) is 11.2 Å². The number of thiazole rings is 1. The first kappa shape index (κ1) is 14.0. The van der Waals surface area contributed by atoms with Gasteiger partial charge in [0.1, 0.15) is 0 Å². The zero-order valence-corrected chi connectivity index (χ0v) is 12.5.